The quantitative estimate of drug-likeness (QED) is 0.820. The molecule has 5 heteroatoms. The Morgan fingerprint density at radius 2 is 1.91 bits per heavy atom. The van der Waals surface area contributed by atoms with E-state index >= 15 is 0 Å². The van der Waals surface area contributed by atoms with Crippen LogP contribution in [0.25, 0.3) is 0 Å². The van der Waals surface area contributed by atoms with Crippen LogP contribution in [0.3, 0.4) is 0 Å². The van der Waals surface area contributed by atoms with Crippen molar-refractivity contribution in [2.24, 2.45) is 0 Å². The number of benzene rings is 1. The Morgan fingerprint density at radius 1 is 1.09 bits per heavy atom. The van der Waals surface area contributed by atoms with E-state index in [2.05, 4.69) is 27.0 Å². The van der Waals surface area contributed by atoms with Crippen molar-refractivity contribution in [3.8, 4) is 11.8 Å². The summed E-state index contributed by atoms with van der Waals surface area (Å²) < 4.78 is 11.0. The van der Waals surface area contributed by atoms with Crippen LogP contribution in [0.2, 0.25) is 0 Å². The molecule has 2 aromatic rings. The number of nitrogens with zero attached hydrogens (tertiary/aromatic N) is 3. The van der Waals surface area contributed by atoms with Crippen molar-refractivity contribution in [3.63, 3.8) is 0 Å². The molecule has 0 unspecified atom stereocenters. The lowest BCUT2D eigenvalue weighted by molar-refractivity contribution is 0.0375. The van der Waals surface area contributed by atoms with Crippen LogP contribution >= 0.6 is 0 Å². The van der Waals surface area contributed by atoms with Crippen LogP contribution < -0.4 is 4.74 Å². The van der Waals surface area contributed by atoms with Gasteiger partial charge in [0.2, 0.25) is 0 Å². The maximum atomic E-state index is 5.67. The van der Waals surface area contributed by atoms with E-state index in [1.54, 1.807) is 18.5 Å². The lowest BCUT2D eigenvalue weighted by Crippen LogP contribution is -2.36. The molecule has 0 spiro atoms. The molecule has 1 saturated heterocycles. The van der Waals surface area contributed by atoms with Crippen molar-refractivity contribution in [1.82, 2.24) is 14.9 Å². The second kappa shape index (κ2) is 7.87. The molecule has 0 saturated carbocycles. The molecule has 1 aromatic heterocycles. The molecule has 0 bridgehead atoms. The minimum atomic E-state index is 0.382. The van der Waals surface area contributed by atoms with Crippen LogP contribution in [0.15, 0.2) is 42.7 Å². The molecule has 0 atom stereocenters. The zero-order valence-electron chi connectivity index (χ0n) is 12.6. The molecule has 0 aliphatic carbocycles. The highest BCUT2D eigenvalue weighted by Gasteiger charge is 2.09. The second-order valence-corrected chi connectivity index (χ2v) is 5.34. The summed E-state index contributed by atoms with van der Waals surface area (Å²) in [6.45, 7) is 4.94. The Hall–Kier alpha value is -1.98. The molecular formula is C17H21N3O2. The van der Waals surface area contributed by atoms with Gasteiger partial charge in [0.1, 0.15) is 5.75 Å². The van der Waals surface area contributed by atoms with E-state index in [0.29, 0.717) is 6.01 Å². The van der Waals surface area contributed by atoms with Crippen LogP contribution in [0.1, 0.15) is 12.0 Å². The monoisotopic (exact) mass is 299 g/mol. The van der Waals surface area contributed by atoms with Crippen molar-refractivity contribution >= 4 is 0 Å². The van der Waals surface area contributed by atoms with Gasteiger partial charge in [-0.3, -0.25) is 4.90 Å². The lowest BCUT2D eigenvalue weighted by atomic mass is 10.1. The summed E-state index contributed by atoms with van der Waals surface area (Å²) in [6.07, 6.45) is 5.54. The normalized spacial score (nSPS) is 15.6. The maximum Gasteiger partial charge on any atom is 0.321 e. The van der Waals surface area contributed by atoms with Crippen molar-refractivity contribution in [1.29, 1.82) is 0 Å². The number of aryl methyl sites for hydroxylation is 1. The average molecular weight is 299 g/mol. The minimum absolute atomic E-state index is 0.382. The summed E-state index contributed by atoms with van der Waals surface area (Å²) in [5, 5.41) is 0. The fraction of sp³-hybridized carbons (Fsp3) is 0.412. The first-order valence-electron chi connectivity index (χ1n) is 7.74. The SMILES string of the molecule is c1cnc(Oc2cccc(CCCN3CCOCC3)c2)nc1. The Labute approximate surface area is 130 Å². The largest absolute Gasteiger partial charge is 0.424 e. The molecule has 5 nitrogen and oxygen atoms in total. The molecule has 1 aromatic carbocycles. The van der Waals surface area contributed by atoms with Gasteiger partial charge in [0.25, 0.3) is 0 Å². The summed E-state index contributed by atoms with van der Waals surface area (Å²) in [7, 11) is 0. The van der Waals surface area contributed by atoms with E-state index < -0.39 is 0 Å². The molecular weight excluding hydrogens is 278 g/mol. The number of hydrogen-bond acceptors (Lipinski definition) is 5. The van der Waals surface area contributed by atoms with Gasteiger partial charge in [-0.05, 0) is 43.1 Å². The Bertz CT molecular complexity index is 571. The highest BCUT2D eigenvalue weighted by molar-refractivity contribution is 5.30. The zero-order chi connectivity index (χ0) is 15.0. The van der Waals surface area contributed by atoms with Gasteiger partial charge < -0.3 is 9.47 Å². The third kappa shape index (κ3) is 4.51. The van der Waals surface area contributed by atoms with Crippen LogP contribution in [-0.4, -0.2) is 47.7 Å². The molecule has 116 valence electrons. The van der Waals surface area contributed by atoms with Crippen molar-refractivity contribution in [3.05, 3.63) is 48.3 Å². The van der Waals surface area contributed by atoms with Gasteiger partial charge in [-0.2, -0.15) is 0 Å². The Kier molecular flexibility index (Phi) is 5.34. The maximum absolute atomic E-state index is 5.67. The Balaban J connectivity index is 1.50. The highest BCUT2D eigenvalue weighted by Crippen LogP contribution is 2.19. The van der Waals surface area contributed by atoms with Crippen LogP contribution in [0, 0.1) is 0 Å². The zero-order valence-corrected chi connectivity index (χ0v) is 12.6. The first-order valence-corrected chi connectivity index (χ1v) is 7.74. The first-order chi connectivity index (χ1) is 10.9. The topological polar surface area (TPSA) is 47.5 Å². The smallest absolute Gasteiger partial charge is 0.321 e. The number of morpholine rings is 1. The van der Waals surface area contributed by atoms with E-state index in [9.17, 15) is 0 Å². The minimum Gasteiger partial charge on any atom is -0.424 e. The number of rotatable bonds is 6. The molecule has 3 rings (SSSR count). The van der Waals surface area contributed by atoms with E-state index in [1.165, 1.54) is 5.56 Å². The predicted molar refractivity (Wildman–Crippen MR) is 84.1 cm³/mol. The van der Waals surface area contributed by atoms with Crippen molar-refractivity contribution in [2.75, 3.05) is 32.8 Å². The third-order valence-electron chi connectivity index (χ3n) is 3.69. The highest BCUT2D eigenvalue weighted by atomic mass is 16.5. The number of hydrogen-bond donors (Lipinski definition) is 0. The molecule has 1 aliphatic heterocycles. The fourth-order valence-corrected chi connectivity index (χ4v) is 2.54. The third-order valence-corrected chi connectivity index (χ3v) is 3.69. The Morgan fingerprint density at radius 3 is 2.73 bits per heavy atom. The molecule has 0 amide bonds. The van der Waals surface area contributed by atoms with Gasteiger partial charge in [-0.1, -0.05) is 12.1 Å². The van der Waals surface area contributed by atoms with E-state index in [0.717, 1.165) is 51.4 Å². The summed E-state index contributed by atoms with van der Waals surface area (Å²) in [5.41, 5.74) is 1.28. The van der Waals surface area contributed by atoms with E-state index in [-0.39, 0.29) is 0 Å². The first kappa shape index (κ1) is 14.9. The van der Waals surface area contributed by atoms with Gasteiger partial charge in [0, 0.05) is 25.5 Å². The fourth-order valence-electron chi connectivity index (χ4n) is 2.54. The standard InChI is InChI=1S/C17H21N3O2/c1-4-15(5-2-9-20-10-12-21-13-11-20)14-16(6-1)22-17-18-7-3-8-19-17/h1,3-4,6-8,14H,2,5,9-13H2. The van der Waals surface area contributed by atoms with Gasteiger partial charge >= 0.3 is 6.01 Å². The molecule has 0 radical (unpaired) electrons. The van der Waals surface area contributed by atoms with Crippen molar-refractivity contribution in [2.45, 2.75) is 12.8 Å². The van der Waals surface area contributed by atoms with Crippen LogP contribution in [0.5, 0.6) is 11.8 Å². The summed E-state index contributed by atoms with van der Waals surface area (Å²) in [5.74, 6) is 0.787. The predicted octanol–water partition coefficient (Wildman–Crippen LogP) is 2.53. The van der Waals surface area contributed by atoms with Crippen LogP contribution in [0.4, 0.5) is 0 Å². The summed E-state index contributed by atoms with van der Waals surface area (Å²) in [4.78, 5) is 10.6. The lowest BCUT2D eigenvalue weighted by Gasteiger charge is -2.26. The van der Waals surface area contributed by atoms with E-state index in [4.69, 9.17) is 9.47 Å². The number of aromatic nitrogens is 2. The molecule has 1 fully saturated rings. The van der Waals surface area contributed by atoms with Crippen LogP contribution in [-0.2, 0) is 11.2 Å². The molecule has 22 heavy (non-hydrogen) atoms. The summed E-state index contributed by atoms with van der Waals surface area (Å²) in [6, 6.07) is 10.3. The second-order valence-electron chi connectivity index (χ2n) is 5.34. The van der Waals surface area contributed by atoms with Crippen molar-refractivity contribution < 1.29 is 9.47 Å². The van der Waals surface area contributed by atoms with Gasteiger partial charge in [0.15, 0.2) is 0 Å². The number of ether oxygens (including phenoxy) is 2. The molecule has 2 heterocycles. The van der Waals surface area contributed by atoms with Gasteiger partial charge in [0.05, 0.1) is 13.2 Å². The van der Waals surface area contributed by atoms with Gasteiger partial charge in [-0.25, -0.2) is 9.97 Å². The average Bonchev–Trinajstić information content (AvgIpc) is 2.57. The van der Waals surface area contributed by atoms with E-state index in [1.807, 2.05) is 12.1 Å². The molecule has 1 aliphatic rings. The summed E-state index contributed by atoms with van der Waals surface area (Å²) >= 11 is 0. The van der Waals surface area contributed by atoms with Gasteiger partial charge in [-0.15, -0.1) is 0 Å². The molecule has 0 N–H and O–H groups in total.